The molecule has 2 rings (SSSR count). The first-order valence-electron chi connectivity index (χ1n) is 6.25. The highest BCUT2D eigenvalue weighted by Crippen LogP contribution is 2.25. The van der Waals surface area contributed by atoms with E-state index in [4.69, 9.17) is 5.73 Å². The van der Waals surface area contributed by atoms with Gasteiger partial charge in [-0.05, 0) is 25.0 Å². The van der Waals surface area contributed by atoms with Gasteiger partial charge in [-0.2, -0.15) is 4.98 Å². The van der Waals surface area contributed by atoms with Crippen molar-refractivity contribution in [2.45, 2.75) is 13.3 Å². The summed E-state index contributed by atoms with van der Waals surface area (Å²) < 4.78 is 13.5. The number of nitrogens with one attached hydrogen (secondary N) is 1. The van der Waals surface area contributed by atoms with Gasteiger partial charge in [0, 0.05) is 6.54 Å². The largest absolute Gasteiger partial charge is 0.368 e. The average molecular weight is 291 g/mol. The van der Waals surface area contributed by atoms with Gasteiger partial charge in [-0.15, -0.1) is 0 Å². The molecule has 2 aromatic rings. The predicted molar refractivity (Wildman–Crippen MR) is 76.4 cm³/mol. The quantitative estimate of drug-likeness (QED) is 0.645. The number of anilines is 2. The van der Waals surface area contributed by atoms with E-state index in [1.165, 1.54) is 13.0 Å². The van der Waals surface area contributed by atoms with Crippen LogP contribution in [-0.4, -0.2) is 21.4 Å². The standard InChI is InChI=1S/C13H14FN5O2/c1-8-11(19(20)21)12(18-13(15)17-8)16-7-6-9-4-2-3-5-10(9)14/h2-5H,6-7H2,1H3,(H3,15,16,17,18). The number of nitro groups is 1. The molecule has 0 aliphatic heterocycles. The number of halogens is 1. The van der Waals surface area contributed by atoms with Crippen LogP contribution >= 0.6 is 0 Å². The van der Waals surface area contributed by atoms with Crippen molar-refractivity contribution in [3.63, 3.8) is 0 Å². The Labute approximate surface area is 120 Å². The molecule has 1 aromatic heterocycles. The minimum atomic E-state index is -0.569. The third-order valence-electron chi connectivity index (χ3n) is 2.90. The van der Waals surface area contributed by atoms with Gasteiger partial charge in [-0.25, -0.2) is 9.37 Å². The molecule has 21 heavy (non-hydrogen) atoms. The molecule has 0 fully saturated rings. The highest BCUT2D eigenvalue weighted by Gasteiger charge is 2.21. The number of rotatable bonds is 5. The smallest absolute Gasteiger partial charge is 0.332 e. The lowest BCUT2D eigenvalue weighted by Gasteiger charge is -2.08. The molecule has 7 nitrogen and oxygen atoms in total. The molecule has 8 heteroatoms. The van der Waals surface area contributed by atoms with Gasteiger partial charge >= 0.3 is 5.69 Å². The lowest BCUT2D eigenvalue weighted by molar-refractivity contribution is -0.385. The van der Waals surface area contributed by atoms with Crippen molar-refractivity contribution in [3.8, 4) is 0 Å². The molecule has 3 N–H and O–H groups in total. The maximum absolute atomic E-state index is 13.5. The summed E-state index contributed by atoms with van der Waals surface area (Å²) in [6.45, 7) is 1.77. The number of hydrogen-bond acceptors (Lipinski definition) is 6. The summed E-state index contributed by atoms with van der Waals surface area (Å²) in [5.41, 5.74) is 5.97. The molecule has 0 saturated heterocycles. The van der Waals surface area contributed by atoms with E-state index >= 15 is 0 Å². The predicted octanol–water partition coefficient (Wildman–Crippen LogP) is 2.07. The molecule has 1 aromatic carbocycles. The van der Waals surface area contributed by atoms with Crippen LogP contribution in [0.15, 0.2) is 24.3 Å². The summed E-state index contributed by atoms with van der Waals surface area (Å²) in [7, 11) is 0. The molecule has 0 radical (unpaired) electrons. The van der Waals surface area contributed by atoms with Crippen molar-refractivity contribution in [2.24, 2.45) is 0 Å². The van der Waals surface area contributed by atoms with Gasteiger partial charge in [0.25, 0.3) is 0 Å². The zero-order valence-corrected chi connectivity index (χ0v) is 11.3. The van der Waals surface area contributed by atoms with E-state index < -0.39 is 4.92 Å². The Balaban J connectivity index is 2.13. The monoisotopic (exact) mass is 291 g/mol. The van der Waals surface area contributed by atoms with Crippen molar-refractivity contribution in [3.05, 3.63) is 51.5 Å². The summed E-state index contributed by atoms with van der Waals surface area (Å²) in [6.07, 6.45) is 0.368. The summed E-state index contributed by atoms with van der Waals surface area (Å²) in [6, 6.07) is 6.36. The Kier molecular flexibility index (Phi) is 4.27. The van der Waals surface area contributed by atoms with Gasteiger partial charge in [-0.1, -0.05) is 18.2 Å². The van der Waals surface area contributed by atoms with Gasteiger partial charge in [0.1, 0.15) is 11.5 Å². The normalized spacial score (nSPS) is 10.4. The Bertz CT molecular complexity index is 678. The topological polar surface area (TPSA) is 107 Å². The van der Waals surface area contributed by atoms with Crippen molar-refractivity contribution < 1.29 is 9.31 Å². The first-order chi connectivity index (χ1) is 9.99. The zero-order chi connectivity index (χ0) is 15.4. The van der Waals surface area contributed by atoms with Gasteiger partial charge in [0.2, 0.25) is 11.8 Å². The Hall–Kier alpha value is -2.77. The van der Waals surface area contributed by atoms with E-state index in [-0.39, 0.29) is 35.5 Å². The van der Waals surface area contributed by atoms with Gasteiger partial charge in [0.05, 0.1) is 4.92 Å². The Morgan fingerprint density at radius 2 is 2.10 bits per heavy atom. The number of hydrogen-bond donors (Lipinski definition) is 2. The van der Waals surface area contributed by atoms with Gasteiger partial charge < -0.3 is 11.1 Å². The van der Waals surface area contributed by atoms with Crippen molar-refractivity contribution in [1.29, 1.82) is 0 Å². The zero-order valence-electron chi connectivity index (χ0n) is 11.3. The van der Waals surface area contributed by atoms with Crippen LogP contribution < -0.4 is 11.1 Å². The van der Waals surface area contributed by atoms with Crippen LogP contribution in [0.25, 0.3) is 0 Å². The summed E-state index contributed by atoms with van der Waals surface area (Å²) in [5.74, 6) is -0.319. The van der Waals surface area contributed by atoms with Crippen LogP contribution in [0.2, 0.25) is 0 Å². The third kappa shape index (κ3) is 3.41. The fraction of sp³-hybridized carbons (Fsp3) is 0.231. The van der Waals surface area contributed by atoms with Crippen LogP contribution in [-0.2, 0) is 6.42 Å². The van der Waals surface area contributed by atoms with E-state index in [1.807, 2.05) is 0 Å². The minimum absolute atomic E-state index is 0.0429. The average Bonchev–Trinajstić information content (AvgIpc) is 2.39. The third-order valence-corrected chi connectivity index (χ3v) is 2.90. The molecule has 0 spiro atoms. The molecule has 0 aliphatic carbocycles. The van der Waals surface area contributed by atoms with Gasteiger partial charge in [0.15, 0.2) is 0 Å². The number of nitrogens with two attached hydrogens (primary N) is 1. The lowest BCUT2D eigenvalue weighted by atomic mass is 10.1. The molecule has 110 valence electrons. The number of benzene rings is 1. The Morgan fingerprint density at radius 1 is 1.38 bits per heavy atom. The van der Waals surface area contributed by atoms with Crippen LogP contribution in [0, 0.1) is 22.9 Å². The second-order valence-corrected chi connectivity index (χ2v) is 4.39. The molecule has 0 aliphatic rings. The van der Waals surface area contributed by atoms with E-state index in [9.17, 15) is 14.5 Å². The second kappa shape index (κ2) is 6.12. The number of aryl methyl sites for hydroxylation is 1. The SMILES string of the molecule is Cc1nc(N)nc(NCCc2ccccc2F)c1[N+](=O)[O-]. The number of nitrogens with zero attached hydrogens (tertiary/aromatic N) is 3. The van der Waals surface area contributed by atoms with Crippen LogP contribution in [0.4, 0.5) is 21.8 Å². The lowest BCUT2D eigenvalue weighted by Crippen LogP contribution is -2.12. The molecule has 0 unspecified atom stereocenters. The molecule has 1 heterocycles. The number of nitrogen functional groups attached to an aromatic ring is 1. The van der Waals surface area contributed by atoms with E-state index in [0.717, 1.165) is 0 Å². The molecule has 0 atom stereocenters. The molecule has 0 amide bonds. The second-order valence-electron chi connectivity index (χ2n) is 4.39. The fourth-order valence-electron chi connectivity index (χ4n) is 1.95. The van der Waals surface area contributed by atoms with Crippen molar-refractivity contribution in [1.82, 2.24) is 9.97 Å². The molecule has 0 saturated carbocycles. The summed E-state index contributed by atoms with van der Waals surface area (Å²) in [4.78, 5) is 18.0. The molecule has 0 bridgehead atoms. The number of aromatic nitrogens is 2. The van der Waals surface area contributed by atoms with Crippen molar-refractivity contribution in [2.75, 3.05) is 17.6 Å². The van der Waals surface area contributed by atoms with Gasteiger partial charge in [-0.3, -0.25) is 10.1 Å². The Morgan fingerprint density at radius 3 is 2.76 bits per heavy atom. The van der Waals surface area contributed by atoms with Crippen molar-refractivity contribution >= 4 is 17.5 Å². The molecular weight excluding hydrogens is 277 g/mol. The van der Waals surface area contributed by atoms with E-state index in [1.54, 1.807) is 18.2 Å². The van der Waals surface area contributed by atoms with Crippen LogP contribution in [0.1, 0.15) is 11.3 Å². The minimum Gasteiger partial charge on any atom is -0.368 e. The van der Waals surface area contributed by atoms with Crippen LogP contribution in [0.5, 0.6) is 0 Å². The van der Waals surface area contributed by atoms with E-state index in [2.05, 4.69) is 15.3 Å². The first-order valence-corrected chi connectivity index (χ1v) is 6.25. The summed E-state index contributed by atoms with van der Waals surface area (Å²) in [5, 5.41) is 13.8. The highest BCUT2D eigenvalue weighted by molar-refractivity contribution is 5.60. The van der Waals surface area contributed by atoms with Crippen LogP contribution in [0.3, 0.4) is 0 Å². The first kappa shape index (κ1) is 14.6. The highest BCUT2D eigenvalue weighted by atomic mass is 19.1. The fourth-order valence-corrected chi connectivity index (χ4v) is 1.95. The van der Waals surface area contributed by atoms with E-state index in [0.29, 0.717) is 12.0 Å². The molecular formula is C13H14FN5O2. The summed E-state index contributed by atoms with van der Waals surface area (Å²) >= 11 is 0. The maximum atomic E-state index is 13.5. The maximum Gasteiger partial charge on any atom is 0.332 e.